The van der Waals surface area contributed by atoms with Crippen LogP contribution in [-0.2, 0) is 11.8 Å². The predicted octanol–water partition coefficient (Wildman–Crippen LogP) is 2.17. The van der Waals surface area contributed by atoms with Crippen LogP contribution >= 0.6 is 24.2 Å². The van der Waals surface area contributed by atoms with Gasteiger partial charge in [0.1, 0.15) is 0 Å². The first kappa shape index (κ1) is 19.3. The van der Waals surface area contributed by atoms with Crippen LogP contribution in [0.2, 0.25) is 0 Å². The quantitative estimate of drug-likeness (QED) is 0.873. The van der Waals surface area contributed by atoms with Crippen LogP contribution in [0, 0.1) is 0 Å². The van der Waals surface area contributed by atoms with Crippen molar-refractivity contribution in [1.29, 1.82) is 0 Å². The van der Waals surface area contributed by atoms with Gasteiger partial charge in [-0.3, -0.25) is 10.1 Å². The van der Waals surface area contributed by atoms with Crippen LogP contribution in [0.3, 0.4) is 0 Å². The lowest BCUT2D eigenvalue weighted by Crippen LogP contribution is -2.27. The van der Waals surface area contributed by atoms with Crippen molar-refractivity contribution < 1.29 is 4.79 Å². The zero-order chi connectivity index (χ0) is 15.5. The fourth-order valence-electron chi connectivity index (χ4n) is 2.21. The fraction of sp³-hybridized carbons (Fsp3) is 0.786. The minimum Gasteiger partial charge on any atom is -0.317 e. The van der Waals surface area contributed by atoms with Crippen LogP contribution in [-0.4, -0.2) is 44.3 Å². The van der Waals surface area contributed by atoms with E-state index in [-0.39, 0.29) is 23.1 Å². The van der Waals surface area contributed by atoms with E-state index in [9.17, 15) is 4.79 Å². The molecule has 0 saturated carbocycles. The number of aromatic nitrogens is 3. The number of aryl methyl sites for hydroxylation is 1. The summed E-state index contributed by atoms with van der Waals surface area (Å²) in [5, 5.41) is 10.6. The molecule has 1 aromatic rings. The summed E-state index contributed by atoms with van der Waals surface area (Å²) in [7, 11) is 1.82. The van der Waals surface area contributed by atoms with Gasteiger partial charge in [0, 0.05) is 17.7 Å². The van der Waals surface area contributed by atoms with Gasteiger partial charge in [-0.25, -0.2) is 4.68 Å². The predicted molar refractivity (Wildman–Crippen MR) is 93.9 cm³/mol. The third-order valence-electron chi connectivity index (χ3n) is 3.37. The maximum absolute atomic E-state index is 12.0. The Morgan fingerprint density at radius 3 is 2.64 bits per heavy atom. The molecule has 0 spiro atoms. The highest BCUT2D eigenvalue weighted by atomic mass is 35.5. The Morgan fingerprint density at radius 1 is 1.41 bits per heavy atom. The van der Waals surface area contributed by atoms with E-state index >= 15 is 0 Å². The molecule has 1 aliphatic rings. The van der Waals surface area contributed by atoms with Gasteiger partial charge in [-0.15, -0.1) is 24.2 Å². The monoisotopic (exact) mass is 347 g/mol. The molecule has 6 nitrogen and oxygen atoms in total. The lowest BCUT2D eigenvalue weighted by atomic mass is 9.98. The molecule has 0 bridgehead atoms. The number of carbonyl (C=O) groups excluding carboxylic acids is 1. The highest BCUT2D eigenvalue weighted by molar-refractivity contribution is 8.01. The summed E-state index contributed by atoms with van der Waals surface area (Å²) >= 11 is 1.62. The van der Waals surface area contributed by atoms with E-state index in [4.69, 9.17) is 0 Å². The number of hydrogen-bond donors (Lipinski definition) is 2. The summed E-state index contributed by atoms with van der Waals surface area (Å²) in [6.07, 6.45) is 2.11. The Hall–Kier alpha value is -0.790. The third kappa shape index (κ3) is 5.78. The Kier molecular flexibility index (Phi) is 7.15. The molecule has 2 N–H and O–H groups in total. The van der Waals surface area contributed by atoms with Crippen molar-refractivity contribution in [2.75, 3.05) is 24.2 Å². The summed E-state index contributed by atoms with van der Waals surface area (Å²) in [5.41, 5.74) is 0. The average molecular weight is 348 g/mol. The number of nitrogens with one attached hydrogen (secondary N) is 2. The Balaban J connectivity index is 0.00000242. The minimum absolute atomic E-state index is 0. The number of carbonyl (C=O) groups is 1. The van der Waals surface area contributed by atoms with Crippen molar-refractivity contribution in [2.24, 2.45) is 7.05 Å². The molecule has 2 rings (SSSR count). The summed E-state index contributed by atoms with van der Waals surface area (Å²) < 4.78 is 1.74. The van der Waals surface area contributed by atoms with Gasteiger partial charge in [0.2, 0.25) is 11.9 Å². The van der Waals surface area contributed by atoms with Gasteiger partial charge in [-0.2, -0.15) is 10.1 Å². The molecule has 0 aromatic carbocycles. The molecule has 1 aromatic heterocycles. The third-order valence-corrected chi connectivity index (χ3v) is 4.64. The van der Waals surface area contributed by atoms with E-state index in [1.165, 1.54) is 0 Å². The van der Waals surface area contributed by atoms with Crippen molar-refractivity contribution in [2.45, 2.75) is 44.3 Å². The average Bonchev–Trinajstić information content (AvgIpc) is 2.78. The zero-order valence-corrected chi connectivity index (χ0v) is 15.3. The molecule has 1 aliphatic heterocycles. The normalized spacial score (nSPS) is 16.2. The van der Waals surface area contributed by atoms with Crippen LogP contribution in [0.5, 0.6) is 0 Å². The second-order valence-electron chi connectivity index (χ2n) is 6.39. The van der Waals surface area contributed by atoms with E-state index < -0.39 is 0 Å². The van der Waals surface area contributed by atoms with Gasteiger partial charge >= 0.3 is 0 Å². The molecule has 0 unspecified atom stereocenters. The minimum atomic E-state index is -0.0257. The van der Waals surface area contributed by atoms with E-state index in [1.54, 1.807) is 16.4 Å². The first-order chi connectivity index (χ1) is 9.85. The van der Waals surface area contributed by atoms with Crippen molar-refractivity contribution in [1.82, 2.24) is 20.1 Å². The number of hydrogen-bond acceptors (Lipinski definition) is 5. The fourth-order valence-corrected chi connectivity index (χ4v) is 2.85. The Morgan fingerprint density at radius 2 is 2.05 bits per heavy atom. The Labute approximate surface area is 142 Å². The van der Waals surface area contributed by atoms with Gasteiger partial charge < -0.3 is 5.32 Å². The van der Waals surface area contributed by atoms with E-state index in [0.717, 1.165) is 31.8 Å². The smallest absolute Gasteiger partial charge is 0.236 e. The molecule has 1 amide bonds. The van der Waals surface area contributed by atoms with E-state index in [2.05, 4.69) is 41.5 Å². The molecule has 8 heteroatoms. The van der Waals surface area contributed by atoms with Crippen LogP contribution in [0.1, 0.15) is 45.4 Å². The maximum atomic E-state index is 12.0. The van der Waals surface area contributed by atoms with Crippen molar-refractivity contribution >= 4 is 36.0 Å². The first-order valence-corrected chi connectivity index (χ1v) is 8.39. The van der Waals surface area contributed by atoms with Crippen LogP contribution < -0.4 is 10.6 Å². The van der Waals surface area contributed by atoms with Crippen LogP contribution in [0.4, 0.5) is 5.95 Å². The zero-order valence-electron chi connectivity index (χ0n) is 13.7. The van der Waals surface area contributed by atoms with Gasteiger partial charge in [-0.1, -0.05) is 20.8 Å². The molecule has 1 fully saturated rings. The lowest BCUT2D eigenvalue weighted by molar-refractivity contribution is -0.113. The van der Waals surface area contributed by atoms with E-state index in [0.29, 0.717) is 17.6 Å². The number of nitrogens with zero attached hydrogens (tertiary/aromatic N) is 3. The number of halogens is 1. The summed E-state index contributed by atoms with van der Waals surface area (Å²) in [6, 6.07) is 0. The highest BCUT2D eigenvalue weighted by Gasteiger charge is 2.21. The molecular weight excluding hydrogens is 322 g/mol. The largest absolute Gasteiger partial charge is 0.317 e. The first-order valence-electron chi connectivity index (χ1n) is 7.40. The number of anilines is 1. The second-order valence-corrected chi connectivity index (χ2v) is 8.19. The SMILES string of the molecule is Cl.Cn1nc(C2CCNCC2)nc1NC(=O)CSC(C)(C)C. The molecule has 22 heavy (non-hydrogen) atoms. The molecule has 126 valence electrons. The number of piperidine rings is 1. The molecule has 0 radical (unpaired) electrons. The number of rotatable bonds is 4. The van der Waals surface area contributed by atoms with Gasteiger partial charge in [0.15, 0.2) is 5.82 Å². The van der Waals surface area contributed by atoms with Gasteiger partial charge in [-0.05, 0) is 25.9 Å². The summed E-state index contributed by atoms with van der Waals surface area (Å²) in [4.78, 5) is 16.5. The maximum Gasteiger partial charge on any atom is 0.236 e. The Bertz CT molecular complexity index is 494. The van der Waals surface area contributed by atoms with Crippen molar-refractivity contribution in [3.05, 3.63) is 5.82 Å². The second kappa shape index (κ2) is 8.17. The number of amides is 1. The van der Waals surface area contributed by atoms with Crippen LogP contribution in [0.25, 0.3) is 0 Å². The molecule has 0 aliphatic carbocycles. The molecular formula is C14H26ClN5OS. The summed E-state index contributed by atoms with van der Waals surface area (Å²) in [6.45, 7) is 8.31. The summed E-state index contributed by atoms with van der Waals surface area (Å²) in [5.74, 6) is 2.19. The van der Waals surface area contributed by atoms with Crippen molar-refractivity contribution in [3.8, 4) is 0 Å². The molecule has 1 saturated heterocycles. The van der Waals surface area contributed by atoms with E-state index in [1.807, 2.05) is 7.05 Å². The molecule has 0 atom stereocenters. The topological polar surface area (TPSA) is 71.8 Å². The molecule has 2 heterocycles. The number of thioether (sulfide) groups is 1. The van der Waals surface area contributed by atoms with Crippen LogP contribution in [0.15, 0.2) is 0 Å². The lowest BCUT2D eigenvalue weighted by Gasteiger charge is -2.19. The van der Waals surface area contributed by atoms with Gasteiger partial charge in [0.25, 0.3) is 0 Å². The standard InChI is InChI=1S/C14H25N5OS.ClH/c1-14(2,3)21-9-11(20)16-13-17-12(18-19(13)4)10-5-7-15-8-6-10;/h10,15H,5-9H2,1-4H3,(H,16,17,18,20);1H. The van der Waals surface area contributed by atoms with Gasteiger partial charge in [0.05, 0.1) is 5.75 Å². The highest BCUT2D eigenvalue weighted by Crippen LogP contribution is 2.24. The van der Waals surface area contributed by atoms with Crippen molar-refractivity contribution in [3.63, 3.8) is 0 Å².